The molecule has 0 radical (unpaired) electrons. The van der Waals surface area contributed by atoms with E-state index in [2.05, 4.69) is 15.7 Å². The summed E-state index contributed by atoms with van der Waals surface area (Å²) in [5.74, 6) is 0.0933. The van der Waals surface area contributed by atoms with E-state index >= 15 is 0 Å². The van der Waals surface area contributed by atoms with Crippen LogP contribution < -0.4 is 20.9 Å². The molecule has 3 rings (SSSR count). The Bertz CT molecular complexity index is 1120. The number of aromatic nitrogens is 2. The first-order valence-corrected chi connectivity index (χ1v) is 9.30. The highest BCUT2D eigenvalue weighted by Gasteiger charge is 2.18. The number of hydrogen-bond donors (Lipinski definition) is 2. The zero-order chi connectivity index (χ0) is 21.7. The number of nitrogens with zero attached hydrogens (tertiary/aromatic N) is 2. The van der Waals surface area contributed by atoms with Crippen LogP contribution in [0.3, 0.4) is 0 Å². The average Bonchev–Trinajstić information content (AvgIpc) is 2.73. The summed E-state index contributed by atoms with van der Waals surface area (Å²) in [6, 6.07) is 16.1. The SMILES string of the molecule is COc1ccc(-c2ccc(=O)n(C(C)C(=O)Nc3cccc(NC(C)=O)c3)n2)cc1. The van der Waals surface area contributed by atoms with Crippen molar-refractivity contribution in [3.63, 3.8) is 0 Å². The van der Waals surface area contributed by atoms with E-state index < -0.39 is 11.9 Å². The number of ether oxygens (including phenoxy) is 1. The summed E-state index contributed by atoms with van der Waals surface area (Å²) in [5.41, 5.74) is 2.02. The predicted octanol–water partition coefficient (Wildman–Crippen LogP) is 3.08. The van der Waals surface area contributed by atoms with Crippen molar-refractivity contribution < 1.29 is 14.3 Å². The second kappa shape index (κ2) is 9.04. The zero-order valence-electron chi connectivity index (χ0n) is 16.9. The highest BCUT2D eigenvalue weighted by atomic mass is 16.5. The van der Waals surface area contributed by atoms with Gasteiger partial charge in [0.1, 0.15) is 11.8 Å². The lowest BCUT2D eigenvalue weighted by molar-refractivity contribution is -0.119. The lowest BCUT2D eigenvalue weighted by Gasteiger charge is -2.15. The molecular formula is C22H22N4O4. The third-order valence-electron chi connectivity index (χ3n) is 4.41. The van der Waals surface area contributed by atoms with Crippen LogP contribution in [0, 0.1) is 0 Å². The lowest BCUT2D eigenvalue weighted by Crippen LogP contribution is -2.33. The molecule has 8 heteroatoms. The van der Waals surface area contributed by atoms with Crippen molar-refractivity contribution in [3.05, 3.63) is 71.0 Å². The molecule has 0 bridgehead atoms. The van der Waals surface area contributed by atoms with E-state index in [1.165, 1.54) is 13.0 Å². The van der Waals surface area contributed by atoms with Crippen molar-refractivity contribution in [2.45, 2.75) is 19.9 Å². The molecule has 3 aromatic rings. The van der Waals surface area contributed by atoms with Crippen LogP contribution in [0.2, 0.25) is 0 Å². The Morgan fingerprint density at radius 3 is 2.30 bits per heavy atom. The van der Waals surface area contributed by atoms with Crippen molar-refractivity contribution in [2.75, 3.05) is 17.7 Å². The quantitative estimate of drug-likeness (QED) is 0.655. The van der Waals surface area contributed by atoms with Gasteiger partial charge in [-0.2, -0.15) is 5.10 Å². The van der Waals surface area contributed by atoms with Crippen LogP contribution in [-0.2, 0) is 9.59 Å². The largest absolute Gasteiger partial charge is 0.497 e. The second-order valence-electron chi connectivity index (χ2n) is 6.66. The van der Waals surface area contributed by atoms with Crippen molar-refractivity contribution in [3.8, 4) is 17.0 Å². The van der Waals surface area contributed by atoms with Crippen LogP contribution in [0.5, 0.6) is 5.75 Å². The topological polar surface area (TPSA) is 102 Å². The van der Waals surface area contributed by atoms with Crippen LogP contribution in [0.4, 0.5) is 11.4 Å². The van der Waals surface area contributed by atoms with Gasteiger partial charge in [-0.05, 0) is 55.5 Å². The summed E-state index contributed by atoms with van der Waals surface area (Å²) < 4.78 is 6.30. The number of rotatable bonds is 6. The van der Waals surface area contributed by atoms with E-state index in [-0.39, 0.29) is 11.5 Å². The van der Waals surface area contributed by atoms with E-state index in [4.69, 9.17) is 4.74 Å². The molecular weight excluding hydrogens is 384 g/mol. The number of nitrogens with one attached hydrogen (secondary N) is 2. The summed E-state index contributed by atoms with van der Waals surface area (Å²) in [6.45, 7) is 3.00. The van der Waals surface area contributed by atoms with Crippen LogP contribution in [0.15, 0.2) is 65.5 Å². The first-order valence-electron chi connectivity index (χ1n) is 9.30. The molecule has 0 saturated heterocycles. The lowest BCUT2D eigenvalue weighted by atomic mass is 10.1. The summed E-state index contributed by atoms with van der Waals surface area (Å²) in [6.07, 6.45) is 0. The van der Waals surface area contributed by atoms with Gasteiger partial charge in [-0.25, -0.2) is 4.68 Å². The number of anilines is 2. The van der Waals surface area contributed by atoms with E-state index in [0.717, 1.165) is 10.2 Å². The van der Waals surface area contributed by atoms with E-state index in [1.807, 2.05) is 12.1 Å². The van der Waals surface area contributed by atoms with E-state index in [1.54, 1.807) is 56.5 Å². The molecule has 1 aromatic heterocycles. The maximum Gasteiger partial charge on any atom is 0.267 e. The number of methoxy groups -OCH3 is 1. The Hall–Kier alpha value is -3.94. The minimum Gasteiger partial charge on any atom is -0.497 e. The first kappa shape index (κ1) is 20.8. The first-order chi connectivity index (χ1) is 14.4. The number of carbonyl (C=O) groups is 2. The molecule has 154 valence electrons. The van der Waals surface area contributed by atoms with Crippen LogP contribution in [0.25, 0.3) is 11.3 Å². The molecule has 0 spiro atoms. The zero-order valence-corrected chi connectivity index (χ0v) is 16.9. The molecule has 0 aliphatic heterocycles. The molecule has 0 fully saturated rings. The van der Waals surface area contributed by atoms with Gasteiger partial charge in [0.15, 0.2) is 0 Å². The number of benzene rings is 2. The Kier molecular flexibility index (Phi) is 6.26. The van der Waals surface area contributed by atoms with Gasteiger partial charge in [-0.15, -0.1) is 0 Å². The molecule has 1 atom stereocenters. The molecule has 2 amide bonds. The smallest absolute Gasteiger partial charge is 0.267 e. The van der Waals surface area contributed by atoms with Gasteiger partial charge in [-0.1, -0.05) is 6.07 Å². The molecule has 2 N–H and O–H groups in total. The molecule has 0 aliphatic carbocycles. The second-order valence-corrected chi connectivity index (χ2v) is 6.66. The van der Waals surface area contributed by atoms with Gasteiger partial charge in [0.2, 0.25) is 11.8 Å². The number of carbonyl (C=O) groups excluding carboxylic acids is 2. The standard InChI is InChI=1S/C22H22N4O4/c1-14(22(29)24-18-6-4-5-17(13-18)23-15(2)27)26-21(28)12-11-20(25-26)16-7-9-19(30-3)10-8-16/h4-14H,1-3H3,(H,23,27)(H,24,29). The molecule has 8 nitrogen and oxygen atoms in total. The monoisotopic (exact) mass is 406 g/mol. The normalized spacial score (nSPS) is 11.4. The van der Waals surface area contributed by atoms with Gasteiger partial charge < -0.3 is 15.4 Å². The molecule has 1 unspecified atom stereocenters. The maximum atomic E-state index is 12.7. The summed E-state index contributed by atoms with van der Waals surface area (Å²) in [7, 11) is 1.58. The Balaban J connectivity index is 1.81. The molecule has 2 aromatic carbocycles. The van der Waals surface area contributed by atoms with E-state index in [0.29, 0.717) is 22.8 Å². The van der Waals surface area contributed by atoms with Gasteiger partial charge in [-0.3, -0.25) is 14.4 Å². The highest BCUT2D eigenvalue weighted by molar-refractivity contribution is 5.95. The Morgan fingerprint density at radius 1 is 1.00 bits per heavy atom. The van der Waals surface area contributed by atoms with Crippen molar-refractivity contribution in [1.82, 2.24) is 9.78 Å². The Morgan fingerprint density at radius 2 is 1.67 bits per heavy atom. The van der Waals surface area contributed by atoms with Crippen LogP contribution in [0.1, 0.15) is 19.9 Å². The van der Waals surface area contributed by atoms with Gasteiger partial charge in [0, 0.05) is 29.9 Å². The molecule has 0 aliphatic rings. The fraction of sp³-hybridized carbons (Fsp3) is 0.182. The number of amides is 2. The summed E-state index contributed by atoms with van der Waals surface area (Å²) in [4.78, 5) is 36.3. The van der Waals surface area contributed by atoms with Gasteiger partial charge >= 0.3 is 0 Å². The molecule has 1 heterocycles. The average molecular weight is 406 g/mol. The van der Waals surface area contributed by atoms with Crippen molar-refractivity contribution in [2.24, 2.45) is 0 Å². The van der Waals surface area contributed by atoms with Crippen molar-refractivity contribution >= 4 is 23.2 Å². The molecule has 30 heavy (non-hydrogen) atoms. The minimum absolute atomic E-state index is 0.210. The fourth-order valence-corrected chi connectivity index (χ4v) is 2.85. The third-order valence-corrected chi connectivity index (χ3v) is 4.41. The van der Waals surface area contributed by atoms with Crippen molar-refractivity contribution in [1.29, 1.82) is 0 Å². The number of hydrogen-bond acceptors (Lipinski definition) is 5. The van der Waals surface area contributed by atoms with E-state index in [9.17, 15) is 14.4 Å². The maximum absolute atomic E-state index is 12.7. The van der Waals surface area contributed by atoms with Gasteiger partial charge in [0.25, 0.3) is 5.56 Å². The summed E-state index contributed by atoms with van der Waals surface area (Å²) >= 11 is 0. The highest BCUT2D eigenvalue weighted by Crippen LogP contribution is 2.21. The van der Waals surface area contributed by atoms with Crippen LogP contribution >= 0.6 is 0 Å². The van der Waals surface area contributed by atoms with Gasteiger partial charge in [0.05, 0.1) is 12.8 Å². The third kappa shape index (κ3) is 4.91. The Labute approximate surface area is 173 Å². The summed E-state index contributed by atoms with van der Waals surface area (Å²) in [5, 5.41) is 9.77. The predicted molar refractivity (Wildman–Crippen MR) is 115 cm³/mol. The fourth-order valence-electron chi connectivity index (χ4n) is 2.85. The van der Waals surface area contributed by atoms with Crippen LogP contribution in [-0.4, -0.2) is 28.7 Å². The molecule has 0 saturated carbocycles. The minimum atomic E-state index is -0.847.